The second-order valence-electron chi connectivity index (χ2n) is 2.80. The molecule has 0 aliphatic heterocycles. The monoisotopic (exact) mass is 200 g/mol. The van der Waals surface area contributed by atoms with Crippen molar-refractivity contribution in [1.82, 2.24) is 15.5 Å². The Hall–Kier alpha value is -1.47. The minimum atomic E-state index is -0.812. The summed E-state index contributed by atoms with van der Waals surface area (Å²) in [5.74, 6) is -0.519. The van der Waals surface area contributed by atoms with E-state index in [0.717, 1.165) is 0 Å². The summed E-state index contributed by atoms with van der Waals surface area (Å²) in [6.45, 7) is 1.49. The first-order chi connectivity index (χ1) is 6.56. The fourth-order valence-electron chi connectivity index (χ4n) is 0.781. The van der Waals surface area contributed by atoms with Gasteiger partial charge in [-0.15, -0.1) is 0 Å². The zero-order chi connectivity index (χ0) is 10.7. The molecule has 0 aromatic carbocycles. The number of aliphatic hydroxyl groups is 1. The van der Waals surface area contributed by atoms with E-state index in [1.165, 1.54) is 14.0 Å². The summed E-state index contributed by atoms with van der Waals surface area (Å²) in [5, 5.41) is 14.9. The van der Waals surface area contributed by atoms with Gasteiger partial charge in [0.15, 0.2) is 0 Å². The number of rotatable bonds is 3. The molecule has 0 spiro atoms. The molecule has 7 nitrogen and oxygen atoms in total. The van der Waals surface area contributed by atoms with Crippen molar-refractivity contribution in [3.8, 4) is 0 Å². The molecule has 1 amide bonds. The molecule has 0 aliphatic carbocycles. The van der Waals surface area contributed by atoms with Crippen LogP contribution in [0.5, 0.6) is 0 Å². The predicted octanol–water partition coefficient (Wildman–Crippen LogP) is -1.19. The second kappa shape index (κ2) is 4.16. The second-order valence-corrected chi connectivity index (χ2v) is 2.80. The lowest BCUT2D eigenvalue weighted by molar-refractivity contribution is 0.0950. The van der Waals surface area contributed by atoms with E-state index in [1.807, 2.05) is 0 Å². The minimum absolute atomic E-state index is 0.0404. The van der Waals surface area contributed by atoms with Crippen molar-refractivity contribution in [2.75, 3.05) is 7.05 Å². The van der Waals surface area contributed by atoms with Gasteiger partial charge in [-0.1, -0.05) is 5.16 Å². The normalized spacial score (nSPS) is 14.9. The van der Waals surface area contributed by atoms with Gasteiger partial charge in [0, 0.05) is 7.05 Å². The third-order valence-corrected chi connectivity index (χ3v) is 1.68. The molecule has 0 saturated heterocycles. The Morgan fingerprint density at radius 1 is 1.71 bits per heavy atom. The number of carbonyl (C=O) groups excluding carboxylic acids is 1. The number of carbonyl (C=O) groups is 1. The smallest absolute Gasteiger partial charge is 0.292 e. The quantitative estimate of drug-likeness (QED) is 0.565. The van der Waals surface area contributed by atoms with E-state index >= 15 is 0 Å². The molecule has 1 aromatic heterocycles. The molecule has 0 unspecified atom stereocenters. The molecule has 0 radical (unpaired) electrons. The first-order valence-corrected chi connectivity index (χ1v) is 4.05. The van der Waals surface area contributed by atoms with Crippen molar-refractivity contribution >= 4 is 5.91 Å². The van der Waals surface area contributed by atoms with Gasteiger partial charge in [0.2, 0.25) is 5.89 Å². The molecule has 14 heavy (non-hydrogen) atoms. The van der Waals surface area contributed by atoms with Gasteiger partial charge in [-0.05, 0) is 6.92 Å². The molecule has 2 atom stereocenters. The van der Waals surface area contributed by atoms with E-state index < -0.39 is 18.1 Å². The van der Waals surface area contributed by atoms with Crippen LogP contribution < -0.4 is 11.1 Å². The van der Waals surface area contributed by atoms with E-state index in [-0.39, 0.29) is 11.7 Å². The molecule has 0 fully saturated rings. The Labute approximate surface area is 80.3 Å². The number of aliphatic hydroxyl groups excluding tert-OH is 1. The molecule has 7 heteroatoms. The number of aromatic nitrogens is 2. The molecule has 0 saturated carbocycles. The van der Waals surface area contributed by atoms with E-state index in [1.54, 1.807) is 0 Å². The van der Waals surface area contributed by atoms with Crippen LogP contribution in [0.4, 0.5) is 0 Å². The van der Waals surface area contributed by atoms with Crippen molar-refractivity contribution in [2.45, 2.75) is 19.1 Å². The third-order valence-electron chi connectivity index (χ3n) is 1.68. The summed E-state index contributed by atoms with van der Waals surface area (Å²) in [6, 6.07) is -0.777. The zero-order valence-corrected chi connectivity index (χ0v) is 7.89. The summed E-state index contributed by atoms with van der Waals surface area (Å²) < 4.78 is 4.70. The molecule has 0 bridgehead atoms. The largest absolute Gasteiger partial charge is 0.391 e. The molecule has 1 aromatic rings. The Morgan fingerprint density at radius 3 is 2.86 bits per heavy atom. The number of nitrogens with zero attached hydrogens (tertiary/aromatic N) is 2. The molecular formula is C7H12N4O3. The van der Waals surface area contributed by atoms with Crippen LogP contribution in [0.2, 0.25) is 0 Å². The minimum Gasteiger partial charge on any atom is -0.391 e. The molecule has 0 aliphatic rings. The van der Waals surface area contributed by atoms with Gasteiger partial charge in [0.1, 0.15) is 6.04 Å². The average molecular weight is 200 g/mol. The lowest BCUT2D eigenvalue weighted by Crippen LogP contribution is -2.24. The zero-order valence-electron chi connectivity index (χ0n) is 7.89. The van der Waals surface area contributed by atoms with E-state index in [9.17, 15) is 4.79 Å². The van der Waals surface area contributed by atoms with Crippen LogP contribution in [0, 0.1) is 0 Å². The summed E-state index contributed by atoms with van der Waals surface area (Å²) in [5.41, 5.74) is 5.51. The third kappa shape index (κ3) is 2.06. The summed E-state index contributed by atoms with van der Waals surface area (Å²) in [4.78, 5) is 14.7. The van der Waals surface area contributed by atoms with Crippen LogP contribution >= 0.6 is 0 Å². The first-order valence-electron chi connectivity index (χ1n) is 4.05. The molecule has 78 valence electrons. The van der Waals surface area contributed by atoms with Gasteiger partial charge in [0.25, 0.3) is 11.7 Å². The van der Waals surface area contributed by atoms with Crippen LogP contribution in [0.25, 0.3) is 0 Å². The van der Waals surface area contributed by atoms with Gasteiger partial charge in [-0.25, -0.2) is 0 Å². The van der Waals surface area contributed by atoms with Crippen molar-refractivity contribution in [3.63, 3.8) is 0 Å². The SMILES string of the molecule is CNC(=O)c1noc([C@@H](N)[C@@H](C)O)n1. The van der Waals surface area contributed by atoms with Crippen LogP contribution in [0.1, 0.15) is 29.5 Å². The number of nitrogens with two attached hydrogens (primary N) is 1. The number of hydrogen-bond acceptors (Lipinski definition) is 6. The highest BCUT2D eigenvalue weighted by atomic mass is 16.5. The Balaban J connectivity index is 2.82. The fourth-order valence-corrected chi connectivity index (χ4v) is 0.781. The van der Waals surface area contributed by atoms with Crippen LogP contribution in [0.3, 0.4) is 0 Å². The Morgan fingerprint density at radius 2 is 2.36 bits per heavy atom. The number of amides is 1. The van der Waals surface area contributed by atoms with E-state index in [0.29, 0.717) is 0 Å². The van der Waals surface area contributed by atoms with Crippen LogP contribution in [-0.2, 0) is 0 Å². The van der Waals surface area contributed by atoms with Gasteiger partial charge in [-0.2, -0.15) is 4.98 Å². The van der Waals surface area contributed by atoms with Gasteiger partial charge >= 0.3 is 0 Å². The highest BCUT2D eigenvalue weighted by molar-refractivity contribution is 5.89. The van der Waals surface area contributed by atoms with Crippen molar-refractivity contribution in [1.29, 1.82) is 0 Å². The summed E-state index contributed by atoms with van der Waals surface area (Å²) in [6.07, 6.45) is -0.812. The molecule has 4 N–H and O–H groups in total. The molecular weight excluding hydrogens is 188 g/mol. The molecule has 1 heterocycles. The first kappa shape index (κ1) is 10.6. The highest BCUT2D eigenvalue weighted by Crippen LogP contribution is 2.11. The maximum Gasteiger partial charge on any atom is 0.292 e. The summed E-state index contributed by atoms with van der Waals surface area (Å²) >= 11 is 0. The number of hydrogen-bond donors (Lipinski definition) is 3. The topological polar surface area (TPSA) is 114 Å². The average Bonchev–Trinajstić information content (AvgIpc) is 2.64. The predicted molar refractivity (Wildman–Crippen MR) is 46.3 cm³/mol. The van der Waals surface area contributed by atoms with Gasteiger partial charge in [-0.3, -0.25) is 4.79 Å². The van der Waals surface area contributed by atoms with E-state index in [2.05, 4.69) is 15.5 Å². The standard InChI is InChI=1S/C7H12N4O3/c1-3(12)4(8)7-10-5(11-14-7)6(13)9-2/h3-4,12H,8H2,1-2H3,(H,9,13)/t3-,4+/m1/s1. The molecule has 1 rings (SSSR count). The van der Waals surface area contributed by atoms with Crippen molar-refractivity contribution in [2.24, 2.45) is 5.73 Å². The van der Waals surface area contributed by atoms with E-state index in [4.69, 9.17) is 15.4 Å². The fraction of sp³-hybridized carbons (Fsp3) is 0.571. The van der Waals surface area contributed by atoms with Crippen LogP contribution in [0.15, 0.2) is 4.52 Å². The lowest BCUT2D eigenvalue weighted by Gasteiger charge is -2.08. The van der Waals surface area contributed by atoms with Gasteiger partial charge < -0.3 is 20.7 Å². The summed E-state index contributed by atoms with van der Waals surface area (Å²) in [7, 11) is 1.45. The van der Waals surface area contributed by atoms with Crippen molar-refractivity contribution < 1.29 is 14.4 Å². The lowest BCUT2D eigenvalue weighted by atomic mass is 10.2. The van der Waals surface area contributed by atoms with Crippen molar-refractivity contribution in [3.05, 3.63) is 11.7 Å². The Bertz CT molecular complexity index is 322. The van der Waals surface area contributed by atoms with Gasteiger partial charge in [0.05, 0.1) is 6.10 Å². The number of nitrogens with one attached hydrogen (secondary N) is 1. The Kier molecular flexibility index (Phi) is 3.15. The van der Waals surface area contributed by atoms with Crippen LogP contribution in [-0.4, -0.2) is 34.3 Å². The maximum atomic E-state index is 11.0. The highest BCUT2D eigenvalue weighted by Gasteiger charge is 2.21. The maximum absolute atomic E-state index is 11.0.